The van der Waals surface area contributed by atoms with Crippen molar-refractivity contribution in [1.82, 2.24) is 4.98 Å². The number of esters is 2. The van der Waals surface area contributed by atoms with Crippen LogP contribution in [0.5, 0.6) is 0 Å². The number of carbonyl (C=O) groups is 3. The summed E-state index contributed by atoms with van der Waals surface area (Å²) in [7, 11) is 0. The van der Waals surface area contributed by atoms with Crippen LogP contribution in [0.25, 0.3) is 0 Å². The highest BCUT2D eigenvalue weighted by Gasteiger charge is 2.16. The fourth-order valence-corrected chi connectivity index (χ4v) is 3.01. The largest absolute Gasteiger partial charge is 0.462 e. The van der Waals surface area contributed by atoms with Gasteiger partial charge < -0.3 is 14.8 Å². The Hall–Kier alpha value is -2.74. The van der Waals surface area contributed by atoms with Gasteiger partial charge in [0.1, 0.15) is 4.88 Å². The van der Waals surface area contributed by atoms with E-state index in [1.165, 1.54) is 11.3 Å². The van der Waals surface area contributed by atoms with Crippen LogP contribution in [0.15, 0.2) is 24.3 Å². The van der Waals surface area contributed by atoms with Crippen LogP contribution < -0.4 is 5.32 Å². The average molecular weight is 390 g/mol. The molecule has 0 aliphatic rings. The summed E-state index contributed by atoms with van der Waals surface area (Å²) in [6, 6.07) is 6.32. The van der Waals surface area contributed by atoms with Crippen LogP contribution in [-0.4, -0.2) is 36.0 Å². The first-order chi connectivity index (χ1) is 12.9. The number of benzene rings is 1. The van der Waals surface area contributed by atoms with E-state index < -0.39 is 24.5 Å². The summed E-state index contributed by atoms with van der Waals surface area (Å²) in [4.78, 5) is 40.3. The topological polar surface area (TPSA) is 94.6 Å². The minimum Gasteiger partial charge on any atom is -0.462 e. The second-order valence-corrected chi connectivity index (χ2v) is 7.04. The highest BCUT2D eigenvalue weighted by molar-refractivity contribution is 7.13. The Kier molecular flexibility index (Phi) is 7.48. The molecule has 7 nitrogen and oxygen atoms in total. The SMILES string of the molecule is CCCCOC(=O)c1ccc(NC(=O)COC(=O)c2sc(C)nc2C)cc1. The Morgan fingerprint density at radius 3 is 2.37 bits per heavy atom. The molecule has 0 aliphatic carbocycles. The number of hydrogen-bond donors (Lipinski definition) is 1. The average Bonchev–Trinajstić information content (AvgIpc) is 2.98. The summed E-state index contributed by atoms with van der Waals surface area (Å²) in [6.07, 6.45) is 1.77. The van der Waals surface area contributed by atoms with Gasteiger partial charge in [0, 0.05) is 5.69 Å². The van der Waals surface area contributed by atoms with E-state index >= 15 is 0 Å². The summed E-state index contributed by atoms with van der Waals surface area (Å²) in [5.41, 5.74) is 1.49. The third kappa shape index (κ3) is 6.18. The van der Waals surface area contributed by atoms with Gasteiger partial charge in [-0.05, 0) is 44.5 Å². The zero-order chi connectivity index (χ0) is 19.8. The van der Waals surface area contributed by atoms with Gasteiger partial charge in [0.05, 0.1) is 22.9 Å². The molecule has 144 valence electrons. The van der Waals surface area contributed by atoms with E-state index in [-0.39, 0.29) is 0 Å². The van der Waals surface area contributed by atoms with Crippen molar-refractivity contribution < 1.29 is 23.9 Å². The second kappa shape index (κ2) is 9.82. The van der Waals surface area contributed by atoms with Gasteiger partial charge in [-0.2, -0.15) is 0 Å². The lowest BCUT2D eigenvalue weighted by Crippen LogP contribution is -2.21. The fraction of sp³-hybridized carbons (Fsp3) is 0.368. The summed E-state index contributed by atoms with van der Waals surface area (Å²) in [5.74, 6) is -1.44. The molecular formula is C19H22N2O5S. The Bertz CT molecular complexity index is 814. The summed E-state index contributed by atoms with van der Waals surface area (Å²) in [5, 5.41) is 3.37. The van der Waals surface area contributed by atoms with Gasteiger partial charge >= 0.3 is 11.9 Å². The molecule has 0 unspecified atom stereocenters. The minimum atomic E-state index is -0.571. The first-order valence-corrected chi connectivity index (χ1v) is 9.40. The first-order valence-electron chi connectivity index (χ1n) is 8.59. The summed E-state index contributed by atoms with van der Waals surface area (Å²) >= 11 is 1.23. The van der Waals surface area contributed by atoms with Gasteiger partial charge in [0.15, 0.2) is 6.61 Å². The third-order valence-electron chi connectivity index (χ3n) is 3.56. The quantitative estimate of drug-likeness (QED) is 0.547. The Labute approximate surface area is 161 Å². The monoisotopic (exact) mass is 390 g/mol. The van der Waals surface area contributed by atoms with Crippen LogP contribution in [0.3, 0.4) is 0 Å². The van der Waals surface area contributed by atoms with Crippen molar-refractivity contribution in [3.05, 3.63) is 45.4 Å². The van der Waals surface area contributed by atoms with E-state index in [1.807, 2.05) is 6.92 Å². The maximum Gasteiger partial charge on any atom is 0.350 e. The Balaban J connectivity index is 1.82. The molecule has 2 aromatic rings. The van der Waals surface area contributed by atoms with Crippen molar-refractivity contribution >= 4 is 34.9 Å². The molecule has 1 amide bonds. The van der Waals surface area contributed by atoms with E-state index in [1.54, 1.807) is 38.1 Å². The molecule has 0 radical (unpaired) electrons. The number of anilines is 1. The molecule has 0 bridgehead atoms. The van der Waals surface area contributed by atoms with Crippen molar-refractivity contribution in [1.29, 1.82) is 0 Å². The molecule has 0 atom stereocenters. The predicted molar refractivity (Wildman–Crippen MR) is 102 cm³/mol. The van der Waals surface area contributed by atoms with E-state index in [9.17, 15) is 14.4 Å². The molecule has 0 spiro atoms. The molecule has 1 aromatic heterocycles. The number of amides is 1. The smallest absolute Gasteiger partial charge is 0.350 e. The number of aryl methyl sites for hydroxylation is 2. The van der Waals surface area contributed by atoms with Crippen LogP contribution >= 0.6 is 11.3 Å². The van der Waals surface area contributed by atoms with Gasteiger partial charge in [-0.25, -0.2) is 14.6 Å². The molecule has 0 saturated carbocycles. The predicted octanol–water partition coefficient (Wildman–Crippen LogP) is 3.51. The summed E-state index contributed by atoms with van der Waals surface area (Å²) < 4.78 is 10.1. The lowest BCUT2D eigenvalue weighted by molar-refractivity contribution is -0.119. The lowest BCUT2D eigenvalue weighted by Gasteiger charge is -2.07. The maximum absolute atomic E-state index is 12.0. The van der Waals surface area contributed by atoms with Crippen molar-refractivity contribution in [3.63, 3.8) is 0 Å². The van der Waals surface area contributed by atoms with E-state index in [0.717, 1.165) is 17.8 Å². The molecule has 27 heavy (non-hydrogen) atoms. The standard InChI is InChI=1S/C19H22N2O5S/c1-4-5-10-25-18(23)14-6-8-15(9-7-14)21-16(22)11-26-19(24)17-12(2)20-13(3)27-17/h6-9H,4-5,10-11H2,1-3H3,(H,21,22). The second-order valence-electron chi connectivity index (χ2n) is 5.84. The number of rotatable bonds is 8. The number of carbonyl (C=O) groups excluding carboxylic acids is 3. The molecule has 0 saturated heterocycles. The molecule has 0 aliphatic heterocycles. The number of thiazole rings is 1. The molecule has 0 fully saturated rings. The minimum absolute atomic E-state index is 0.387. The molecule has 8 heteroatoms. The van der Waals surface area contributed by atoms with E-state index in [0.29, 0.717) is 28.4 Å². The number of nitrogens with zero attached hydrogens (tertiary/aromatic N) is 1. The normalized spacial score (nSPS) is 10.3. The Morgan fingerprint density at radius 2 is 1.78 bits per heavy atom. The number of ether oxygens (including phenoxy) is 2. The van der Waals surface area contributed by atoms with Gasteiger partial charge in [-0.1, -0.05) is 13.3 Å². The van der Waals surface area contributed by atoms with Gasteiger partial charge in [-0.15, -0.1) is 11.3 Å². The van der Waals surface area contributed by atoms with Crippen LogP contribution in [0.1, 0.15) is 50.5 Å². The van der Waals surface area contributed by atoms with E-state index in [4.69, 9.17) is 9.47 Å². The van der Waals surface area contributed by atoms with Crippen LogP contribution in [0.4, 0.5) is 5.69 Å². The molecule has 1 N–H and O–H groups in total. The highest BCUT2D eigenvalue weighted by Crippen LogP contribution is 2.18. The molecular weight excluding hydrogens is 368 g/mol. The highest BCUT2D eigenvalue weighted by atomic mass is 32.1. The van der Waals surface area contributed by atoms with Crippen LogP contribution in [0.2, 0.25) is 0 Å². The first kappa shape index (κ1) is 20.6. The van der Waals surface area contributed by atoms with Crippen molar-refractivity contribution in [2.45, 2.75) is 33.6 Å². The number of unbranched alkanes of at least 4 members (excludes halogenated alkanes) is 1. The van der Waals surface area contributed by atoms with Crippen molar-refractivity contribution in [2.24, 2.45) is 0 Å². The van der Waals surface area contributed by atoms with Crippen LogP contribution in [-0.2, 0) is 14.3 Å². The van der Waals surface area contributed by atoms with Crippen molar-refractivity contribution in [3.8, 4) is 0 Å². The van der Waals surface area contributed by atoms with Gasteiger partial charge in [0.2, 0.25) is 0 Å². The zero-order valence-corrected chi connectivity index (χ0v) is 16.4. The number of nitrogens with one attached hydrogen (secondary N) is 1. The lowest BCUT2D eigenvalue weighted by atomic mass is 10.2. The van der Waals surface area contributed by atoms with Crippen molar-refractivity contribution in [2.75, 3.05) is 18.5 Å². The number of aromatic nitrogens is 1. The fourth-order valence-electron chi connectivity index (χ4n) is 2.20. The van der Waals surface area contributed by atoms with Crippen LogP contribution in [0, 0.1) is 13.8 Å². The van der Waals surface area contributed by atoms with E-state index in [2.05, 4.69) is 10.3 Å². The zero-order valence-electron chi connectivity index (χ0n) is 15.5. The third-order valence-corrected chi connectivity index (χ3v) is 4.61. The molecule has 1 heterocycles. The Morgan fingerprint density at radius 1 is 1.07 bits per heavy atom. The molecule has 1 aromatic carbocycles. The van der Waals surface area contributed by atoms with Gasteiger partial charge in [0.25, 0.3) is 5.91 Å². The molecule has 2 rings (SSSR count). The summed E-state index contributed by atoms with van der Waals surface area (Å²) in [6.45, 7) is 5.51. The maximum atomic E-state index is 12.0. The number of hydrogen-bond acceptors (Lipinski definition) is 7. The van der Waals surface area contributed by atoms with Gasteiger partial charge in [-0.3, -0.25) is 4.79 Å².